The lowest BCUT2D eigenvalue weighted by molar-refractivity contribution is 0.667. The number of thioether (sulfide) groups is 1. The summed E-state index contributed by atoms with van der Waals surface area (Å²) in [5.41, 5.74) is 2.95. The Labute approximate surface area is 158 Å². The summed E-state index contributed by atoms with van der Waals surface area (Å²) in [4.78, 5) is 4.89. The number of rotatable bonds is 10. The van der Waals surface area contributed by atoms with Crippen molar-refractivity contribution in [1.29, 1.82) is 0 Å². The highest BCUT2D eigenvalue weighted by molar-refractivity contribution is 8.14. The molecule has 1 saturated carbocycles. The van der Waals surface area contributed by atoms with Crippen molar-refractivity contribution in [3.8, 4) is 0 Å². The molecule has 1 fully saturated rings. The highest BCUT2D eigenvalue weighted by Gasteiger charge is 2.39. The molecule has 3 atom stereocenters. The Hall–Kier alpha value is -1.02. The first-order valence-electron chi connectivity index (χ1n) is 10.2. The summed E-state index contributed by atoms with van der Waals surface area (Å²) >= 11 is 1.99. The SMILES string of the molecule is CCCCCCc1ccc(CC/C=C\[C@@H]2CSC(C3CC3C)=N2)cc1. The van der Waals surface area contributed by atoms with E-state index in [1.54, 1.807) is 0 Å². The minimum absolute atomic E-state index is 0.429. The van der Waals surface area contributed by atoms with Crippen molar-refractivity contribution in [2.24, 2.45) is 16.8 Å². The lowest BCUT2D eigenvalue weighted by atomic mass is 10.0. The van der Waals surface area contributed by atoms with Crippen molar-refractivity contribution in [3.63, 3.8) is 0 Å². The fraction of sp³-hybridized carbons (Fsp3) is 0.609. The normalized spacial score (nSPS) is 25.5. The number of nitrogens with zero attached hydrogens (tertiary/aromatic N) is 1. The molecule has 0 amide bonds. The third kappa shape index (κ3) is 6.02. The molecule has 1 aromatic carbocycles. The molecule has 25 heavy (non-hydrogen) atoms. The third-order valence-corrected chi connectivity index (χ3v) is 6.63. The zero-order valence-corrected chi connectivity index (χ0v) is 16.7. The molecule has 0 bridgehead atoms. The summed E-state index contributed by atoms with van der Waals surface area (Å²) in [7, 11) is 0. The molecular formula is C23H33NS. The van der Waals surface area contributed by atoms with Gasteiger partial charge in [-0.1, -0.05) is 69.5 Å². The zero-order valence-electron chi connectivity index (χ0n) is 15.9. The minimum atomic E-state index is 0.429. The van der Waals surface area contributed by atoms with E-state index in [2.05, 4.69) is 50.3 Å². The molecule has 136 valence electrons. The van der Waals surface area contributed by atoms with Crippen molar-refractivity contribution >= 4 is 16.8 Å². The Bertz CT molecular complexity index is 587. The molecule has 0 spiro atoms. The van der Waals surface area contributed by atoms with Crippen LogP contribution in [0.2, 0.25) is 0 Å². The van der Waals surface area contributed by atoms with Crippen molar-refractivity contribution in [1.82, 2.24) is 0 Å². The topological polar surface area (TPSA) is 12.4 Å². The van der Waals surface area contributed by atoms with E-state index in [1.807, 2.05) is 11.8 Å². The smallest absolute Gasteiger partial charge is 0.0783 e. The van der Waals surface area contributed by atoms with Crippen LogP contribution in [0.4, 0.5) is 0 Å². The summed E-state index contributed by atoms with van der Waals surface area (Å²) < 4.78 is 0. The van der Waals surface area contributed by atoms with Crippen molar-refractivity contribution in [2.45, 2.75) is 71.3 Å². The summed E-state index contributed by atoms with van der Waals surface area (Å²) in [6, 6.07) is 9.72. The fourth-order valence-electron chi connectivity index (χ4n) is 3.51. The molecule has 0 aromatic heterocycles. The first-order chi connectivity index (χ1) is 12.3. The Morgan fingerprint density at radius 1 is 1.08 bits per heavy atom. The minimum Gasteiger partial charge on any atom is -0.274 e. The third-order valence-electron chi connectivity index (χ3n) is 5.42. The fourth-order valence-corrected chi connectivity index (χ4v) is 4.79. The Balaban J connectivity index is 1.35. The molecule has 2 heteroatoms. The van der Waals surface area contributed by atoms with Crippen molar-refractivity contribution in [2.75, 3.05) is 5.75 Å². The van der Waals surface area contributed by atoms with Gasteiger partial charge >= 0.3 is 0 Å². The first kappa shape index (κ1) is 18.8. The number of allylic oxidation sites excluding steroid dienone is 1. The molecule has 1 nitrogen and oxygen atoms in total. The van der Waals surface area contributed by atoms with Crippen molar-refractivity contribution < 1.29 is 0 Å². The molecule has 2 unspecified atom stereocenters. The van der Waals surface area contributed by atoms with Gasteiger partial charge in [-0.3, -0.25) is 4.99 Å². The van der Waals surface area contributed by atoms with Crippen molar-refractivity contribution in [3.05, 3.63) is 47.5 Å². The second-order valence-corrected chi connectivity index (χ2v) is 8.80. The molecule has 0 N–H and O–H groups in total. The van der Waals surface area contributed by atoms with E-state index in [4.69, 9.17) is 4.99 Å². The van der Waals surface area contributed by atoms with Gasteiger partial charge in [-0.15, -0.1) is 11.8 Å². The molecule has 2 aliphatic rings. The van der Waals surface area contributed by atoms with Gasteiger partial charge < -0.3 is 0 Å². The number of unbranched alkanes of at least 4 members (excludes halogenated alkanes) is 3. The highest BCUT2D eigenvalue weighted by Crippen LogP contribution is 2.44. The number of benzene rings is 1. The molecule has 3 rings (SSSR count). The summed E-state index contributed by atoms with van der Waals surface area (Å²) in [5, 5.41) is 1.43. The summed E-state index contributed by atoms with van der Waals surface area (Å²) in [6.07, 6.45) is 14.9. The number of aryl methyl sites for hydroxylation is 2. The van der Waals surface area contributed by atoms with Gasteiger partial charge in [0.15, 0.2) is 0 Å². The zero-order chi connectivity index (χ0) is 17.5. The van der Waals surface area contributed by atoms with Gasteiger partial charge in [0.2, 0.25) is 0 Å². The van der Waals surface area contributed by atoms with E-state index in [9.17, 15) is 0 Å². The van der Waals surface area contributed by atoms with Gasteiger partial charge in [0.1, 0.15) is 0 Å². The lowest BCUT2D eigenvalue weighted by Gasteiger charge is -2.04. The van der Waals surface area contributed by atoms with E-state index in [0.29, 0.717) is 6.04 Å². The van der Waals surface area contributed by atoms with Crippen LogP contribution in [0.1, 0.15) is 63.5 Å². The second kappa shape index (κ2) is 9.62. The van der Waals surface area contributed by atoms with E-state index in [0.717, 1.165) is 30.4 Å². The van der Waals surface area contributed by atoms with Gasteiger partial charge in [0.05, 0.1) is 11.1 Å². The number of hydrogen-bond donors (Lipinski definition) is 0. The predicted molar refractivity (Wildman–Crippen MR) is 113 cm³/mol. The highest BCUT2D eigenvalue weighted by atomic mass is 32.2. The van der Waals surface area contributed by atoms with Gasteiger partial charge in [-0.2, -0.15) is 0 Å². The van der Waals surface area contributed by atoms with Crippen LogP contribution in [0.15, 0.2) is 41.4 Å². The van der Waals surface area contributed by atoms with E-state index < -0.39 is 0 Å². The number of aliphatic imine (C=N–C) groups is 1. The maximum atomic E-state index is 4.89. The largest absolute Gasteiger partial charge is 0.274 e. The van der Waals surface area contributed by atoms with Gasteiger partial charge in [0.25, 0.3) is 0 Å². The Morgan fingerprint density at radius 2 is 1.80 bits per heavy atom. The van der Waals surface area contributed by atoms with Crippen LogP contribution in [0.3, 0.4) is 0 Å². The van der Waals surface area contributed by atoms with Crippen LogP contribution < -0.4 is 0 Å². The van der Waals surface area contributed by atoms with Crippen LogP contribution in [0, 0.1) is 11.8 Å². The maximum absolute atomic E-state index is 4.89. The molecule has 1 aromatic rings. The molecular weight excluding hydrogens is 322 g/mol. The monoisotopic (exact) mass is 355 g/mol. The summed E-state index contributed by atoms with van der Waals surface area (Å²) in [5.74, 6) is 2.83. The lowest BCUT2D eigenvalue weighted by Crippen LogP contribution is -1.97. The van der Waals surface area contributed by atoms with Gasteiger partial charge in [0, 0.05) is 11.7 Å². The van der Waals surface area contributed by atoms with Gasteiger partial charge in [-0.25, -0.2) is 0 Å². The van der Waals surface area contributed by atoms with Crippen LogP contribution in [-0.4, -0.2) is 16.8 Å². The standard InChI is InChI=1S/C23H33NS/c1-3-4-5-6-9-19-12-14-20(15-13-19)10-7-8-11-21-17-25-23(24-21)22-16-18(22)2/h8,11-15,18,21-22H,3-7,9-10,16-17H2,1-2H3/b11-8-/t18?,21-,22?/m1/s1. The molecule has 1 heterocycles. The molecule has 0 radical (unpaired) electrons. The predicted octanol–water partition coefficient (Wildman–Crippen LogP) is 6.47. The average Bonchev–Trinajstić information content (AvgIpc) is 3.17. The molecule has 1 aliphatic heterocycles. The van der Waals surface area contributed by atoms with E-state index in [-0.39, 0.29) is 0 Å². The quantitative estimate of drug-likeness (QED) is 0.346. The molecule has 1 aliphatic carbocycles. The Kier molecular flexibility index (Phi) is 7.22. The maximum Gasteiger partial charge on any atom is 0.0783 e. The van der Waals surface area contributed by atoms with Crippen LogP contribution >= 0.6 is 11.8 Å². The van der Waals surface area contributed by atoms with Gasteiger partial charge in [-0.05, 0) is 49.1 Å². The van der Waals surface area contributed by atoms with Crippen LogP contribution in [-0.2, 0) is 12.8 Å². The van der Waals surface area contributed by atoms with E-state index in [1.165, 1.54) is 54.7 Å². The Morgan fingerprint density at radius 3 is 2.48 bits per heavy atom. The number of hydrogen-bond acceptors (Lipinski definition) is 2. The summed E-state index contributed by atoms with van der Waals surface area (Å²) in [6.45, 7) is 4.61. The van der Waals surface area contributed by atoms with Crippen LogP contribution in [0.5, 0.6) is 0 Å². The van der Waals surface area contributed by atoms with Crippen LogP contribution in [0.25, 0.3) is 0 Å². The average molecular weight is 356 g/mol. The first-order valence-corrected chi connectivity index (χ1v) is 11.2. The second-order valence-electron chi connectivity index (χ2n) is 7.76. The van der Waals surface area contributed by atoms with E-state index >= 15 is 0 Å². The molecule has 0 saturated heterocycles.